The SMILES string of the molecule is CCCCOc1ccc(-c2nn(-c3ccccc3)cc2C2NC(=O)N=C(C)C2C(=O)OCC)cc1. The molecule has 1 aliphatic heterocycles. The van der Waals surface area contributed by atoms with Crippen LogP contribution in [0.5, 0.6) is 5.75 Å². The Hall–Kier alpha value is -3.94. The number of rotatable bonds is 9. The summed E-state index contributed by atoms with van der Waals surface area (Å²) in [6.45, 7) is 6.45. The van der Waals surface area contributed by atoms with Gasteiger partial charge in [0, 0.05) is 23.0 Å². The largest absolute Gasteiger partial charge is 0.494 e. The molecule has 2 amide bonds. The number of urea groups is 1. The normalized spacial score (nSPS) is 17.5. The molecule has 8 heteroatoms. The summed E-state index contributed by atoms with van der Waals surface area (Å²) in [7, 11) is 0. The molecule has 1 aliphatic rings. The maximum Gasteiger partial charge on any atom is 0.341 e. The van der Waals surface area contributed by atoms with Gasteiger partial charge in [-0.2, -0.15) is 5.10 Å². The Morgan fingerprint density at radius 2 is 1.83 bits per heavy atom. The standard InChI is InChI=1S/C27H30N4O4/c1-4-6-16-35-21-14-12-19(13-15-21)24-22(17-31(30-24)20-10-8-7-9-11-20)25-23(26(32)34-5-2)18(3)28-27(33)29-25/h7-15,17,23,25H,4-6,16H2,1-3H3,(H,29,33). The Kier molecular flexibility index (Phi) is 7.60. The number of carbonyl (C=O) groups is 2. The molecule has 0 radical (unpaired) electrons. The third kappa shape index (κ3) is 5.42. The molecule has 35 heavy (non-hydrogen) atoms. The summed E-state index contributed by atoms with van der Waals surface area (Å²) in [6.07, 6.45) is 3.91. The van der Waals surface area contributed by atoms with Crippen LogP contribution in [0.15, 0.2) is 65.8 Å². The van der Waals surface area contributed by atoms with Crippen molar-refractivity contribution in [2.75, 3.05) is 13.2 Å². The Morgan fingerprint density at radius 1 is 1.09 bits per heavy atom. The summed E-state index contributed by atoms with van der Waals surface area (Å²) in [4.78, 5) is 29.3. The minimum absolute atomic E-state index is 0.235. The van der Waals surface area contributed by atoms with E-state index in [2.05, 4.69) is 17.2 Å². The number of para-hydroxylation sites is 1. The molecule has 2 unspecified atom stereocenters. The number of amides is 2. The van der Waals surface area contributed by atoms with E-state index in [0.29, 0.717) is 23.6 Å². The van der Waals surface area contributed by atoms with Crippen LogP contribution >= 0.6 is 0 Å². The maximum absolute atomic E-state index is 12.9. The van der Waals surface area contributed by atoms with Gasteiger partial charge in [-0.15, -0.1) is 0 Å². The second-order valence-electron chi connectivity index (χ2n) is 8.35. The van der Waals surface area contributed by atoms with Crippen LogP contribution in [0.1, 0.15) is 45.2 Å². The number of nitrogens with one attached hydrogen (secondary N) is 1. The molecule has 3 aromatic rings. The minimum atomic E-state index is -0.753. The van der Waals surface area contributed by atoms with E-state index in [0.717, 1.165) is 29.8 Å². The molecule has 1 N–H and O–H groups in total. The highest BCUT2D eigenvalue weighted by Gasteiger charge is 2.40. The van der Waals surface area contributed by atoms with E-state index in [1.807, 2.05) is 60.8 Å². The number of unbranched alkanes of at least 4 members (excludes halogenated alkanes) is 1. The van der Waals surface area contributed by atoms with Crippen molar-refractivity contribution in [2.24, 2.45) is 10.9 Å². The average molecular weight is 475 g/mol. The van der Waals surface area contributed by atoms with Gasteiger partial charge in [-0.25, -0.2) is 14.5 Å². The third-order valence-corrected chi connectivity index (χ3v) is 5.87. The van der Waals surface area contributed by atoms with Crippen LogP contribution in [0.25, 0.3) is 16.9 Å². The summed E-state index contributed by atoms with van der Waals surface area (Å²) in [5.74, 6) is -0.405. The fourth-order valence-corrected chi connectivity index (χ4v) is 4.11. The lowest BCUT2D eigenvalue weighted by Gasteiger charge is -2.29. The predicted octanol–water partition coefficient (Wildman–Crippen LogP) is 5.12. The maximum atomic E-state index is 12.9. The molecular weight excluding hydrogens is 444 g/mol. The van der Waals surface area contributed by atoms with Gasteiger partial charge in [-0.1, -0.05) is 31.5 Å². The van der Waals surface area contributed by atoms with Gasteiger partial charge in [-0.3, -0.25) is 4.79 Å². The molecule has 0 bridgehead atoms. The van der Waals surface area contributed by atoms with Crippen molar-refractivity contribution >= 4 is 17.7 Å². The number of nitrogens with zero attached hydrogens (tertiary/aromatic N) is 3. The topological polar surface area (TPSA) is 94.8 Å². The molecule has 2 aromatic carbocycles. The smallest absolute Gasteiger partial charge is 0.341 e. The Balaban J connectivity index is 1.78. The van der Waals surface area contributed by atoms with Gasteiger partial charge < -0.3 is 14.8 Å². The Labute approximate surface area is 205 Å². The lowest BCUT2D eigenvalue weighted by atomic mass is 9.87. The van der Waals surface area contributed by atoms with Crippen LogP contribution < -0.4 is 10.1 Å². The van der Waals surface area contributed by atoms with Crippen molar-refractivity contribution in [3.63, 3.8) is 0 Å². The summed E-state index contributed by atoms with van der Waals surface area (Å²) in [5.41, 5.74) is 3.47. The van der Waals surface area contributed by atoms with Crippen LogP contribution in [0, 0.1) is 5.92 Å². The molecule has 0 aliphatic carbocycles. The molecule has 0 fully saturated rings. The van der Waals surface area contributed by atoms with Gasteiger partial charge in [0.2, 0.25) is 0 Å². The summed E-state index contributed by atoms with van der Waals surface area (Å²) < 4.78 is 12.9. The van der Waals surface area contributed by atoms with Crippen LogP contribution in [0.2, 0.25) is 0 Å². The molecule has 0 saturated heterocycles. The number of carbonyl (C=O) groups excluding carboxylic acids is 2. The zero-order valence-electron chi connectivity index (χ0n) is 20.2. The summed E-state index contributed by atoms with van der Waals surface area (Å²) in [6, 6.07) is 16.2. The molecule has 0 saturated carbocycles. The fraction of sp³-hybridized carbons (Fsp3) is 0.333. The van der Waals surface area contributed by atoms with E-state index in [-0.39, 0.29) is 6.61 Å². The minimum Gasteiger partial charge on any atom is -0.494 e. The van der Waals surface area contributed by atoms with Crippen LogP contribution in [0.4, 0.5) is 4.79 Å². The highest BCUT2D eigenvalue weighted by molar-refractivity contribution is 6.08. The van der Waals surface area contributed by atoms with Crippen LogP contribution in [-0.2, 0) is 9.53 Å². The van der Waals surface area contributed by atoms with Crippen molar-refractivity contribution in [2.45, 2.75) is 39.7 Å². The molecule has 2 heterocycles. The molecule has 2 atom stereocenters. The van der Waals surface area contributed by atoms with Gasteiger partial charge in [0.25, 0.3) is 0 Å². The number of aliphatic imine (C=N–C) groups is 1. The number of hydrogen-bond acceptors (Lipinski definition) is 5. The van der Waals surface area contributed by atoms with Crippen molar-refractivity contribution in [3.8, 4) is 22.7 Å². The Bertz CT molecular complexity index is 1200. The van der Waals surface area contributed by atoms with Crippen LogP contribution in [-0.4, -0.2) is 40.7 Å². The summed E-state index contributed by atoms with van der Waals surface area (Å²) in [5, 5.41) is 7.72. The first-order valence-corrected chi connectivity index (χ1v) is 11.9. The molecule has 4 rings (SSSR count). The zero-order chi connectivity index (χ0) is 24.8. The van der Waals surface area contributed by atoms with Crippen molar-refractivity contribution < 1.29 is 19.1 Å². The average Bonchev–Trinajstić information content (AvgIpc) is 3.30. The van der Waals surface area contributed by atoms with Gasteiger partial charge in [0.1, 0.15) is 11.7 Å². The third-order valence-electron chi connectivity index (χ3n) is 5.87. The van der Waals surface area contributed by atoms with Crippen molar-refractivity contribution in [3.05, 3.63) is 66.4 Å². The molecule has 8 nitrogen and oxygen atoms in total. The monoisotopic (exact) mass is 474 g/mol. The Morgan fingerprint density at radius 3 is 2.51 bits per heavy atom. The van der Waals surface area contributed by atoms with Crippen LogP contribution in [0.3, 0.4) is 0 Å². The number of ether oxygens (including phenoxy) is 2. The van der Waals surface area contributed by atoms with Gasteiger partial charge in [0.05, 0.1) is 30.6 Å². The summed E-state index contributed by atoms with van der Waals surface area (Å²) >= 11 is 0. The van der Waals surface area contributed by atoms with E-state index in [9.17, 15) is 9.59 Å². The number of esters is 1. The zero-order valence-corrected chi connectivity index (χ0v) is 20.2. The van der Waals surface area contributed by atoms with Crippen molar-refractivity contribution in [1.29, 1.82) is 0 Å². The quantitative estimate of drug-likeness (QED) is 0.343. The van der Waals surface area contributed by atoms with E-state index >= 15 is 0 Å². The second kappa shape index (κ2) is 11.0. The van der Waals surface area contributed by atoms with E-state index < -0.39 is 24.0 Å². The first-order valence-electron chi connectivity index (χ1n) is 11.9. The van der Waals surface area contributed by atoms with E-state index in [1.165, 1.54) is 0 Å². The fourth-order valence-electron chi connectivity index (χ4n) is 4.11. The number of benzene rings is 2. The highest BCUT2D eigenvalue weighted by atomic mass is 16.5. The van der Waals surface area contributed by atoms with E-state index in [1.54, 1.807) is 18.5 Å². The second-order valence-corrected chi connectivity index (χ2v) is 8.35. The lowest BCUT2D eigenvalue weighted by molar-refractivity contribution is -0.146. The number of aromatic nitrogens is 2. The number of hydrogen-bond donors (Lipinski definition) is 1. The molecule has 0 spiro atoms. The highest BCUT2D eigenvalue weighted by Crippen LogP contribution is 2.35. The predicted molar refractivity (Wildman–Crippen MR) is 134 cm³/mol. The first kappa shape index (κ1) is 24.2. The first-order chi connectivity index (χ1) is 17.0. The van der Waals surface area contributed by atoms with Gasteiger partial charge in [0.15, 0.2) is 0 Å². The molecule has 1 aromatic heterocycles. The van der Waals surface area contributed by atoms with Gasteiger partial charge in [-0.05, 0) is 56.7 Å². The van der Waals surface area contributed by atoms with E-state index in [4.69, 9.17) is 14.6 Å². The van der Waals surface area contributed by atoms with Gasteiger partial charge >= 0.3 is 12.0 Å². The molecule has 182 valence electrons. The lowest BCUT2D eigenvalue weighted by Crippen LogP contribution is -2.44. The molecular formula is C27H30N4O4. The van der Waals surface area contributed by atoms with Crippen molar-refractivity contribution in [1.82, 2.24) is 15.1 Å².